The average Bonchev–Trinajstić information content (AvgIpc) is 2.48. The smallest absolute Gasteiger partial charge is 0.161 e. The Bertz CT molecular complexity index is 479. The van der Waals surface area contributed by atoms with Crippen LogP contribution in [0, 0.1) is 0 Å². The second-order valence-corrected chi connectivity index (χ2v) is 6.49. The van der Waals surface area contributed by atoms with Crippen molar-refractivity contribution in [2.75, 3.05) is 38.6 Å². The molecule has 1 atom stereocenters. The topological polar surface area (TPSA) is 50.3 Å². The zero-order chi connectivity index (χ0) is 15.4. The lowest BCUT2D eigenvalue weighted by Gasteiger charge is -2.32. The molecule has 118 valence electrons. The fourth-order valence-corrected chi connectivity index (χ4v) is 3.39. The molecule has 5 nitrogen and oxygen atoms in total. The van der Waals surface area contributed by atoms with Crippen molar-refractivity contribution in [1.29, 1.82) is 0 Å². The van der Waals surface area contributed by atoms with Gasteiger partial charge in [0.25, 0.3) is 0 Å². The molecule has 0 amide bonds. The Labute approximate surface area is 135 Å². The summed E-state index contributed by atoms with van der Waals surface area (Å²) in [6.07, 6.45) is 1.12. The van der Waals surface area contributed by atoms with Gasteiger partial charge >= 0.3 is 0 Å². The third kappa shape index (κ3) is 3.93. The molecule has 1 aliphatic heterocycles. The molecule has 1 unspecified atom stereocenters. The van der Waals surface area contributed by atoms with Crippen LogP contribution in [0.1, 0.15) is 50.7 Å². The summed E-state index contributed by atoms with van der Waals surface area (Å²) in [5.41, 5.74) is 1.03. The average molecular weight is 357 g/mol. The van der Waals surface area contributed by atoms with Crippen molar-refractivity contribution in [3.8, 4) is 0 Å². The number of nitrogens with one attached hydrogen (secondary N) is 1. The molecule has 0 radical (unpaired) electrons. The summed E-state index contributed by atoms with van der Waals surface area (Å²) in [5.74, 6) is 1.95. The minimum absolute atomic E-state index is 0.0389. The Kier molecular flexibility index (Phi) is 5.96. The highest BCUT2D eigenvalue weighted by molar-refractivity contribution is 9.10. The number of hydrogen-bond donors (Lipinski definition) is 1. The first kappa shape index (κ1) is 16.6. The van der Waals surface area contributed by atoms with Gasteiger partial charge in [-0.1, -0.05) is 20.8 Å². The molecule has 1 aromatic heterocycles. The van der Waals surface area contributed by atoms with Gasteiger partial charge in [0.05, 0.1) is 16.8 Å². The van der Waals surface area contributed by atoms with Crippen LogP contribution < -0.4 is 5.32 Å². The number of anilines is 1. The lowest BCUT2D eigenvalue weighted by atomic mass is 10.1. The summed E-state index contributed by atoms with van der Waals surface area (Å²) in [6.45, 7) is 10.2. The van der Waals surface area contributed by atoms with Crippen LogP contribution in [0.5, 0.6) is 0 Å². The van der Waals surface area contributed by atoms with Gasteiger partial charge in [0, 0.05) is 20.1 Å². The molecular weight excluding hydrogens is 332 g/mol. The maximum absolute atomic E-state index is 5.90. The minimum Gasteiger partial charge on any atom is -0.372 e. The number of morpholine rings is 1. The molecule has 1 saturated heterocycles. The SMILES string of the molecule is CCCN1CCOC(c2nc(NC)c(Br)c(C(C)C)n2)C1. The number of aromatic nitrogens is 2. The van der Waals surface area contributed by atoms with E-state index in [-0.39, 0.29) is 6.10 Å². The molecule has 0 aromatic carbocycles. The van der Waals surface area contributed by atoms with Gasteiger partial charge in [-0.15, -0.1) is 0 Å². The van der Waals surface area contributed by atoms with Crippen LogP contribution in [0.4, 0.5) is 5.82 Å². The van der Waals surface area contributed by atoms with Gasteiger partial charge in [-0.3, -0.25) is 4.90 Å². The molecule has 1 aromatic rings. The highest BCUT2D eigenvalue weighted by Gasteiger charge is 2.26. The zero-order valence-corrected chi connectivity index (χ0v) is 14.9. The maximum atomic E-state index is 5.90. The zero-order valence-electron chi connectivity index (χ0n) is 13.3. The molecule has 21 heavy (non-hydrogen) atoms. The fourth-order valence-electron chi connectivity index (χ4n) is 2.55. The Morgan fingerprint density at radius 3 is 2.81 bits per heavy atom. The van der Waals surface area contributed by atoms with E-state index in [0.29, 0.717) is 5.92 Å². The first-order valence-electron chi connectivity index (χ1n) is 7.65. The van der Waals surface area contributed by atoms with Crippen LogP contribution >= 0.6 is 15.9 Å². The molecule has 0 aliphatic carbocycles. The largest absolute Gasteiger partial charge is 0.372 e. The lowest BCUT2D eigenvalue weighted by molar-refractivity contribution is -0.0342. The summed E-state index contributed by atoms with van der Waals surface area (Å²) in [6, 6.07) is 0. The van der Waals surface area contributed by atoms with Crippen molar-refractivity contribution in [1.82, 2.24) is 14.9 Å². The maximum Gasteiger partial charge on any atom is 0.161 e. The first-order valence-corrected chi connectivity index (χ1v) is 8.45. The van der Waals surface area contributed by atoms with E-state index < -0.39 is 0 Å². The monoisotopic (exact) mass is 356 g/mol. The van der Waals surface area contributed by atoms with Crippen LogP contribution in [0.3, 0.4) is 0 Å². The lowest BCUT2D eigenvalue weighted by Crippen LogP contribution is -2.39. The van der Waals surface area contributed by atoms with Crippen molar-refractivity contribution in [3.63, 3.8) is 0 Å². The molecule has 0 saturated carbocycles. The highest BCUT2D eigenvalue weighted by atomic mass is 79.9. The van der Waals surface area contributed by atoms with Gasteiger partial charge in [0.1, 0.15) is 11.9 Å². The predicted molar refractivity (Wildman–Crippen MR) is 88.8 cm³/mol. The summed E-state index contributed by atoms with van der Waals surface area (Å²) in [5, 5.41) is 3.14. The molecule has 1 N–H and O–H groups in total. The quantitative estimate of drug-likeness (QED) is 0.877. The number of halogens is 1. The van der Waals surface area contributed by atoms with Crippen molar-refractivity contribution in [3.05, 3.63) is 16.0 Å². The van der Waals surface area contributed by atoms with E-state index in [9.17, 15) is 0 Å². The molecule has 6 heteroatoms. The van der Waals surface area contributed by atoms with E-state index in [0.717, 1.165) is 54.5 Å². The molecule has 0 spiro atoms. The van der Waals surface area contributed by atoms with Crippen molar-refractivity contribution < 1.29 is 4.74 Å². The molecule has 1 fully saturated rings. The van der Waals surface area contributed by atoms with Crippen molar-refractivity contribution >= 4 is 21.7 Å². The van der Waals surface area contributed by atoms with Crippen LogP contribution in [-0.4, -0.2) is 48.2 Å². The summed E-state index contributed by atoms with van der Waals surface area (Å²) in [4.78, 5) is 11.8. The second-order valence-electron chi connectivity index (χ2n) is 5.69. The molecule has 1 aliphatic rings. The van der Waals surface area contributed by atoms with Crippen LogP contribution in [0.15, 0.2) is 4.47 Å². The van der Waals surface area contributed by atoms with E-state index >= 15 is 0 Å². The Morgan fingerprint density at radius 1 is 1.43 bits per heavy atom. The van der Waals surface area contributed by atoms with Crippen LogP contribution in [0.2, 0.25) is 0 Å². The van der Waals surface area contributed by atoms with E-state index in [2.05, 4.69) is 51.9 Å². The van der Waals surface area contributed by atoms with E-state index in [1.807, 2.05) is 7.05 Å². The van der Waals surface area contributed by atoms with Crippen molar-refractivity contribution in [2.24, 2.45) is 0 Å². The first-order chi connectivity index (χ1) is 10.1. The van der Waals surface area contributed by atoms with E-state index in [4.69, 9.17) is 9.72 Å². The van der Waals surface area contributed by atoms with Gasteiger partial charge in [-0.05, 0) is 34.8 Å². The van der Waals surface area contributed by atoms with Crippen molar-refractivity contribution in [2.45, 2.75) is 39.2 Å². The predicted octanol–water partition coefficient (Wildman–Crippen LogP) is 3.19. The third-order valence-corrected chi connectivity index (χ3v) is 4.44. The standard InChI is InChI=1S/C15H25BrN4O/c1-5-6-20-7-8-21-11(9-20)14-18-13(10(2)3)12(16)15(17-4)19-14/h10-11H,5-9H2,1-4H3,(H,17,18,19). The van der Waals surface area contributed by atoms with Gasteiger partial charge in [0.2, 0.25) is 0 Å². The number of nitrogens with zero attached hydrogens (tertiary/aromatic N) is 3. The van der Waals surface area contributed by atoms with Gasteiger partial charge in [-0.25, -0.2) is 9.97 Å². The fraction of sp³-hybridized carbons (Fsp3) is 0.733. The molecule has 0 bridgehead atoms. The second kappa shape index (κ2) is 7.51. The summed E-state index contributed by atoms with van der Waals surface area (Å²) in [7, 11) is 1.88. The molecule has 2 heterocycles. The normalized spacial score (nSPS) is 20.0. The van der Waals surface area contributed by atoms with Gasteiger partial charge < -0.3 is 10.1 Å². The van der Waals surface area contributed by atoms with E-state index in [1.54, 1.807) is 0 Å². The van der Waals surface area contributed by atoms with Gasteiger partial charge in [-0.2, -0.15) is 0 Å². The summed E-state index contributed by atoms with van der Waals surface area (Å²) >= 11 is 3.60. The van der Waals surface area contributed by atoms with Crippen LogP contribution in [0.25, 0.3) is 0 Å². The summed E-state index contributed by atoms with van der Waals surface area (Å²) < 4.78 is 6.85. The van der Waals surface area contributed by atoms with E-state index in [1.165, 1.54) is 0 Å². The number of ether oxygens (including phenoxy) is 1. The molecule has 2 rings (SSSR count). The minimum atomic E-state index is -0.0389. The highest BCUT2D eigenvalue weighted by Crippen LogP contribution is 2.31. The Morgan fingerprint density at radius 2 is 2.19 bits per heavy atom. The van der Waals surface area contributed by atoms with Crippen LogP contribution in [-0.2, 0) is 4.74 Å². The Hall–Kier alpha value is -0.720. The van der Waals surface area contributed by atoms with Gasteiger partial charge in [0.15, 0.2) is 5.82 Å². The number of hydrogen-bond acceptors (Lipinski definition) is 5. The third-order valence-electron chi connectivity index (χ3n) is 3.66. The molecular formula is C15H25BrN4O. The number of rotatable bonds is 5. The Balaban J connectivity index is 2.28.